The van der Waals surface area contributed by atoms with Gasteiger partial charge in [-0.2, -0.15) is 0 Å². The second-order valence-electron chi connectivity index (χ2n) is 5.39. The van der Waals surface area contributed by atoms with Gasteiger partial charge in [-0.05, 0) is 31.9 Å². The minimum atomic E-state index is -0.287. The van der Waals surface area contributed by atoms with Crippen molar-refractivity contribution in [3.63, 3.8) is 0 Å². The van der Waals surface area contributed by atoms with Gasteiger partial charge >= 0.3 is 6.03 Å². The smallest absolute Gasteiger partial charge is 0.319 e. The van der Waals surface area contributed by atoms with Crippen molar-refractivity contribution in [1.29, 1.82) is 0 Å². The highest BCUT2D eigenvalue weighted by molar-refractivity contribution is 5.90. The first-order chi connectivity index (χ1) is 10.5. The number of nitrogens with zero attached hydrogens (tertiary/aromatic N) is 2. The van der Waals surface area contributed by atoms with Crippen LogP contribution in [0.15, 0.2) is 12.1 Å². The zero-order valence-corrected chi connectivity index (χ0v) is 13.2. The van der Waals surface area contributed by atoms with Crippen molar-refractivity contribution in [3.05, 3.63) is 17.8 Å². The lowest BCUT2D eigenvalue weighted by atomic mass is 10.1. The molecule has 1 aromatic heterocycles. The standard InChI is InChI=1S/C15H22N4O3/c1-10-4-5-13(14(16-10)22-3)18-15(21)17-12-6-8-19(9-7-12)11(2)20/h4-5,12H,6-9H2,1-3H3,(H2,17,18,21). The summed E-state index contributed by atoms with van der Waals surface area (Å²) < 4.78 is 5.16. The number of hydrogen-bond donors (Lipinski definition) is 2. The van der Waals surface area contributed by atoms with E-state index in [1.807, 2.05) is 13.0 Å². The first kappa shape index (κ1) is 16.1. The summed E-state index contributed by atoms with van der Waals surface area (Å²) in [7, 11) is 1.52. The van der Waals surface area contributed by atoms with Gasteiger partial charge in [-0.3, -0.25) is 4.79 Å². The van der Waals surface area contributed by atoms with Crippen LogP contribution in [0.25, 0.3) is 0 Å². The van der Waals surface area contributed by atoms with Gasteiger partial charge in [-0.15, -0.1) is 0 Å². The predicted molar refractivity (Wildman–Crippen MR) is 83.0 cm³/mol. The number of rotatable bonds is 3. The summed E-state index contributed by atoms with van der Waals surface area (Å²) in [6.07, 6.45) is 1.52. The van der Waals surface area contributed by atoms with Gasteiger partial charge in [0.2, 0.25) is 11.8 Å². The number of carbonyl (C=O) groups is 2. The maximum absolute atomic E-state index is 12.1. The molecule has 0 spiro atoms. The number of urea groups is 1. The van der Waals surface area contributed by atoms with Crippen molar-refractivity contribution in [1.82, 2.24) is 15.2 Å². The zero-order chi connectivity index (χ0) is 16.1. The van der Waals surface area contributed by atoms with Crippen LogP contribution in [0, 0.1) is 6.92 Å². The Morgan fingerprint density at radius 3 is 2.59 bits per heavy atom. The van der Waals surface area contributed by atoms with Crippen LogP contribution < -0.4 is 15.4 Å². The highest BCUT2D eigenvalue weighted by atomic mass is 16.5. The number of aromatic nitrogens is 1. The number of anilines is 1. The van der Waals surface area contributed by atoms with E-state index < -0.39 is 0 Å². The van der Waals surface area contributed by atoms with Crippen LogP contribution >= 0.6 is 0 Å². The zero-order valence-electron chi connectivity index (χ0n) is 13.2. The van der Waals surface area contributed by atoms with Crippen molar-refractivity contribution in [2.24, 2.45) is 0 Å². The summed E-state index contributed by atoms with van der Waals surface area (Å²) in [6.45, 7) is 4.78. The first-order valence-corrected chi connectivity index (χ1v) is 7.34. The fourth-order valence-electron chi connectivity index (χ4n) is 2.47. The van der Waals surface area contributed by atoms with Gasteiger partial charge < -0.3 is 20.3 Å². The van der Waals surface area contributed by atoms with Gasteiger partial charge in [0.25, 0.3) is 0 Å². The van der Waals surface area contributed by atoms with E-state index in [9.17, 15) is 9.59 Å². The molecule has 0 aromatic carbocycles. The molecule has 1 aliphatic heterocycles. The van der Waals surface area contributed by atoms with E-state index in [0.29, 0.717) is 24.7 Å². The average Bonchev–Trinajstić information content (AvgIpc) is 2.49. The van der Waals surface area contributed by atoms with Crippen LogP contribution in [-0.2, 0) is 4.79 Å². The number of carbonyl (C=O) groups excluding carboxylic acids is 2. The molecular formula is C15H22N4O3. The second kappa shape index (κ2) is 7.11. The Morgan fingerprint density at radius 2 is 2.00 bits per heavy atom. The Labute approximate surface area is 130 Å². The normalized spacial score (nSPS) is 15.3. The average molecular weight is 306 g/mol. The van der Waals surface area contributed by atoms with Crippen LogP contribution in [-0.4, -0.2) is 48.1 Å². The van der Waals surface area contributed by atoms with Crippen molar-refractivity contribution in [2.45, 2.75) is 32.7 Å². The number of likely N-dealkylation sites (tertiary alicyclic amines) is 1. The van der Waals surface area contributed by atoms with Gasteiger partial charge in [-0.25, -0.2) is 9.78 Å². The van der Waals surface area contributed by atoms with Crippen LogP contribution in [0.3, 0.4) is 0 Å². The number of ether oxygens (including phenoxy) is 1. The lowest BCUT2D eigenvalue weighted by Crippen LogP contribution is -2.47. The van der Waals surface area contributed by atoms with Crippen LogP contribution in [0.5, 0.6) is 5.88 Å². The molecule has 3 amide bonds. The molecule has 22 heavy (non-hydrogen) atoms. The van der Waals surface area contributed by atoms with Gasteiger partial charge in [0.15, 0.2) is 0 Å². The first-order valence-electron chi connectivity index (χ1n) is 7.34. The third-order valence-electron chi connectivity index (χ3n) is 3.72. The van der Waals surface area contributed by atoms with E-state index in [0.717, 1.165) is 18.5 Å². The van der Waals surface area contributed by atoms with Gasteiger partial charge in [0.05, 0.1) is 7.11 Å². The highest BCUT2D eigenvalue weighted by Crippen LogP contribution is 2.21. The number of pyridine rings is 1. The molecule has 1 saturated heterocycles. The molecule has 1 fully saturated rings. The molecule has 0 aliphatic carbocycles. The lowest BCUT2D eigenvalue weighted by Gasteiger charge is -2.31. The van der Waals surface area contributed by atoms with Crippen molar-refractivity contribution >= 4 is 17.6 Å². The molecule has 2 heterocycles. The number of nitrogens with one attached hydrogen (secondary N) is 2. The van der Waals surface area contributed by atoms with Gasteiger partial charge in [-0.1, -0.05) is 0 Å². The minimum Gasteiger partial charge on any atom is -0.480 e. The molecule has 0 saturated carbocycles. The fourth-order valence-corrected chi connectivity index (χ4v) is 2.47. The number of amides is 3. The van der Waals surface area contributed by atoms with Crippen LogP contribution in [0.2, 0.25) is 0 Å². The topological polar surface area (TPSA) is 83.6 Å². The minimum absolute atomic E-state index is 0.0694. The van der Waals surface area contributed by atoms with Gasteiger partial charge in [0.1, 0.15) is 5.69 Å². The summed E-state index contributed by atoms with van der Waals surface area (Å²) in [5.74, 6) is 0.472. The van der Waals surface area contributed by atoms with E-state index >= 15 is 0 Å². The van der Waals surface area contributed by atoms with Gasteiger partial charge in [0, 0.05) is 31.7 Å². The predicted octanol–water partition coefficient (Wildman–Crippen LogP) is 1.53. The molecule has 1 aromatic rings. The molecule has 0 unspecified atom stereocenters. The summed E-state index contributed by atoms with van der Waals surface area (Å²) in [5.41, 5.74) is 1.35. The van der Waals surface area contributed by atoms with E-state index in [1.54, 1.807) is 17.9 Å². The molecule has 0 atom stereocenters. The molecule has 120 valence electrons. The third kappa shape index (κ3) is 4.09. The molecule has 0 radical (unpaired) electrons. The summed E-state index contributed by atoms with van der Waals surface area (Å²) in [5, 5.41) is 5.67. The summed E-state index contributed by atoms with van der Waals surface area (Å²) in [4.78, 5) is 29.3. The number of hydrogen-bond acceptors (Lipinski definition) is 4. The summed E-state index contributed by atoms with van der Waals surface area (Å²) >= 11 is 0. The van der Waals surface area contributed by atoms with E-state index in [2.05, 4.69) is 15.6 Å². The fraction of sp³-hybridized carbons (Fsp3) is 0.533. The van der Waals surface area contributed by atoms with Crippen molar-refractivity contribution in [2.75, 3.05) is 25.5 Å². The highest BCUT2D eigenvalue weighted by Gasteiger charge is 2.22. The maximum Gasteiger partial charge on any atom is 0.319 e. The largest absolute Gasteiger partial charge is 0.480 e. The Balaban J connectivity index is 1.87. The van der Waals surface area contributed by atoms with E-state index in [-0.39, 0.29) is 18.0 Å². The van der Waals surface area contributed by atoms with Crippen LogP contribution in [0.1, 0.15) is 25.5 Å². The number of piperidine rings is 1. The van der Waals surface area contributed by atoms with E-state index in [4.69, 9.17) is 4.74 Å². The molecule has 7 nitrogen and oxygen atoms in total. The van der Waals surface area contributed by atoms with Crippen molar-refractivity contribution in [3.8, 4) is 5.88 Å². The Bertz CT molecular complexity index is 554. The molecule has 1 aliphatic rings. The number of aryl methyl sites for hydroxylation is 1. The molecular weight excluding hydrogens is 284 g/mol. The van der Waals surface area contributed by atoms with Crippen molar-refractivity contribution < 1.29 is 14.3 Å². The quantitative estimate of drug-likeness (QED) is 0.887. The van der Waals surface area contributed by atoms with Crippen LogP contribution in [0.4, 0.5) is 10.5 Å². The Kier molecular flexibility index (Phi) is 5.19. The Hall–Kier alpha value is -2.31. The summed E-state index contributed by atoms with van der Waals surface area (Å²) in [6, 6.07) is 3.35. The molecule has 2 rings (SSSR count). The molecule has 0 bridgehead atoms. The molecule has 2 N–H and O–H groups in total. The third-order valence-corrected chi connectivity index (χ3v) is 3.72. The number of methoxy groups -OCH3 is 1. The SMILES string of the molecule is COc1nc(C)ccc1NC(=O)NC1CCN(C(C)=O)CC1. The Morgan fingerprint density at radius 1 is 1.32 bits per heavy atom. The monoisotopic (exact) mass is 306 g/mol. The molecule has 7 heteroatoms. The second-order valence-corrected chi connectivity index (χ2v) is 5.39. The maximum atomic E-state index is 12.1. The van der Waals surface area contributed by atoms with E-state index in [1.165, 1.54) is 7.11 Å². The lowest BCUT2D eigenvalue weighted by molar-refractivity contribution is -0.129.